The Morgan fingerprint density at radius 2 is 2.00 bits per heavy atom. The number of rotatable bonds is 0. The van der Waals surface area contributed by atoms with E-state index < -0.39 is 0 Å². The first kappa shape index (κ1) is 7.75. The van der Waals surface area contributed by atoms with Gasteiger partial charge in [-0.1, -0.05) is 12.1 Å². The Balaban J connectivity index is 2.77. The van der Waals surface area contributed by atoms with E-state index >= 15 is 0 Å². The molecule has 2 nitrogen and oxygen atoms in total. The van der Waals surface area contributed by atoms with Crippen LogP contribution in [-0.4, -0.2) is 4.98 Å². The topological polar surface area (TPSA) is 36.7 Å². The van der Waals surface area contributed by atoms with Crippen LogP contribution in [0.15, 0.2) is 30.3 Å². The lowest BCUT2D eigenvalue weighted by molar-refractivity contribution is 1.32. The van der Waals surface area contributed by atoms with E-state index in [0.29, 0.717) is 5.69 Å². The van der Waals surface area contributed by atoms with Gasteiger partial charge in [-0.3, -0.25) is 0 Å². The van der Waals surface area contributed by atoms with Crippen molar-refractivity contribution >= 4 is 10.9 Å². The van der Waals surface area contributed by atoms with Crippen LogP contribution >= 0.6 is 0 Å². The van der Waals surface area contributed by atoms with Crippen molar-refractivity contribution in [2.45, 2.75) is 6.92 Å². The molecular weight excluding hydrogens is 160 g/mol. The molecular formula is C11H8N2. The number of benzene rings is 1. The van der Waals surface area contributed by atoms with Gasteiger partial charge in [0.2, 0.25) is 0 Å². The summed E-state index contributed by atoms with van der Waals surface area (Å²) < 4.78 is 0. The summed E-state index contributed by atoms with van der Waals surface area (Å²) in [6.07, 6.45) is 0. The Hall–Kier alpha value is -1.88. The number of fused-ring (bicyclic) bond motifs is 1. The van der Waals surface area contributed by atoms with E-state index in [1.165, 1.54) is 0 Å². The van der Waals surface area contributed by atoms with Crippen LogP contribution in [-0.2, 0) is 0 Å². The van der Waals surface area contributed by atoms with Gasteiger partial charge in [-0.15, -0.1) is 0 Å². The second kappa shape index (κ2) is 2.87. The quantitative estimate of drug-likeness (QED) is 0.605. The van der Waals surface area contributed by atoms with E-state index in [4.69, 9.17) is 5.26 Å². The van der Waals surface area contributed by atoms with Crippen LogP contribution in [0.2, 0.25) is 0 Å². The molecule has 0 spiro atoms. The molecule has 13 heavy (non-hydrogen) atoms. The predicted molar refractivity (Wildman–Crippen MR) is 51.2 cm³/mol. The van der Waals surface area contributed by atoms with Crippen molar-refractivity contribution in [2.24, 2.45) is 0 Å². The molecule has 0 amide bonds. The monoisotopic (exact) mass is 168 g/mol. The molecule has 2 rings (SSSR count). The molecule has 0 saturated heterocycles. The molecule has 1 aromatic heterocycles. The molecule has 1 aromatic carbocycles. The first-order valence-electron chi connectivity index (χ1n) is 4.07. The number of nitrogens with zero attached hydrogens (tertiary/aromatic N) is 2. The standard InChI is InChI=1S/C11H8N2/c1-8-2-3-9-4-5-10(7-12)13-11(9)6-8/h2-6H,1H3. The Bertz CT molecular complexity index is 495. The summed E-state index contributed by atoms with van der Waals surface area (Å²) in [6.45, 7) is 2.01. The maximum Gasteiger partial charge on any atom is 0.141 e. The van der Waals surface area contributed by atoms with Crippen molar-refractivity contribution in [3.63, 3.8) is 0 Å². The van der Waals surface area contributed by atoms with Crippen molar-refractivity contribution in [1.29, 1.82) is 5.26 Å². The number of hydrogen-bond donors (Lipinski definition) is 0. The molecule has 0 aliphatic carbocycles. The predicted octanol–water partition coefficient (Wildman–Crippen LogP) is 2.41. The Kier molecular flexibility index (Phi) is 1.71. The van der Waals surface area contributed by atoms with Crippen molar-refractivity contribution in [3.8, 4) is 6.07 Å². The van der Waals surface area contributed by atoms with Crippen LogP contribution < -0.4 is 0 Å². The lowest BCUT2D eigenvalue weighted by Gasteiger charge is -1.97. The van der Waals surface area contributed by atoms with Crippen LogP contribution in [0.25, 0.3) is 10.9 Å². The third-order valence-corrected chi connectivity index (χ3v) is 1.96. The van der Waals surface area contributed by atoms with Crippen LogP contribution in [0, 0.1) is 18.3 Å². The molecule has 2 heteroatoms. The summed E-state index contributed by atoms with van der Waals surface area (Å²) in [7, 11) is 0. The summed E-state index contributed by atoms with van der Waals surface area (Å²) in [5.74, 6) is 0. The normalized spacial score (nSPS) is 9.85. The Labute approximate surface area is 76.5 Å². The van der Waals surface area contributed by atoms with Gasteiger partial charge < -0.3 is 0 Å². The van der Waals surface area contributed by atoms with Gasteiger partial charge in [0.25, 0.3) is 0 Å². The van der Waals surface area contributed by atoms with Crippen LogP contribution in [0.4, 0.5) is 0 Å². The molecule has 1 heterocycles. The van der Waals surface area contributed by atoms with Gasteiger partial charge in [-0.25, -0.2) is 4.98 Å². The molecule has 0 saturated carbocycles. The van der Waals surface area contributed by atoms with Crippen molar-refractivity contribution in [2.75, 3.05) is 0 Å². The van der Waals surface area contributed by atoms with Gasteiger partial charge in [0.15, 0.2) is 0 Å². The van der Waals surface area contributed by atoms with Gasteiger partial charge in [0.05, 0.1) is 5.52 Å². The first-order valence-corrected chi connectivity index (χ1v) is 4.07. The van der Waals surface area contributed by atoms with Crippen LogP contribution in [0.5, 0.6) is 0 Å². The SMILES string of the molecule is Cc1ccc2ccc(C#N)nc2c1. The average molecular weight is 168 g/mol. The molecule has 62 valence electrons. The largest absolute Gasteiger partial charge is 0.237 e. The number of nitriles is 1. The van der Waals surface area contributed by atoms with Crippen molar-refractivity contribution < 1.29 is 0 Å². The third kappa shape index (κ3) is 1.36. The van der Waals surface area contributed by atoms with Gasteiger partial charge >= 0.3 is 0 Å². The molecule has 0 radical (unpaired) electrons. The van der Waals surface area contributed by atoms with E-state index in [9.17, 15) is 0 Å². The van der Waals surface area contributed by atoms with Crippen molar-refractivity contribution in [1.82, 2.24) is 4.98 Å². The number of pyridine rings is 1. The number of aryl methyl sites for hydroxylation is 1. The maximum absolute atomic E-state index is 8.65. The van der Waals surface area contributed by atoms with E-state index in [0.717, 1.165) is 16.5 Å². The molecule has 0 aliphatic heterocycles. The smallest absolute Gasteiger partial charge is 0.141 e. The molecule has 2 aromatic rings. The summed E-state index contributed by atoms with van der Waals surface area (Å²) in [5.41, 5.74) is 2.52. The zero-order valence-corrected chi connectivity index (χ0v) is 7.28. The lowest BCUT2D eigenvalue weighted by atomic mass is 10.1. The molecule has 0 unspecified atom stereocenters. The number of hydrogen-bond acceptors (Lipinski definition) is 2. The second-order valence-electron chi connectivity index (χ2n) is 3.00. The Morgan fingerprint density at radius 3 is 2.77 bits per heavy atom. The lowest BCUT2D eigenvalue weighted by Crippen LogP contribution is -1.84. The van der Waals surface area contributed by atoms with Gasteiger partial charge in [-0.2, -0.15) is 5.26 Å². The number of aromatic nitrogens is 1. The first-order chi connectivity index (χ1) is 6.29. The highest BCUT2D eigenvalue weighted by atomic mass is 14.7. The Morgan fingerprint density at radius 1 is 1.23 bits per heavy atom. The molecule has 0 aliphatic rings. The molecule has 0 atom stereocenters. The summed E-state index contributed by atoms with van der Waals surface area (Å²) in [6, 6.07) is 11.7. The summed E-state index contributed by atoms with van der Waals surface area (Å²) >= 11 is 0. The maximum atomic E-state index is 8.65. The fourth-order valence-electron chi connectivity index (χ4n) is 1.29. The third-order valence-electron chi connectivity index (χ3n) is 1.96. The highest BCUT2D eigenvalue weighted by molar-refractivity contribution is 5.79. The minimum Gasteiger partial charge on any atom is -0.237 e. The van der Waals surface area contributed by atoms with Crippen LogP contribution in [0.3, 0.4) is 0 Å². The van der Waals surface area contributed by atoms with Gasteiger partial charge in [-0.05, 0) is 30.7 Å². The minimum atomic E-state index is 0.470. The summed E-state index contributed by atoms with van der Waals surface area (Å²) in [4.78, 5) is 4.19. The molecule has 0 fully saturated rings. The van der Waals surface area contributed by atoms with E-state index in [-0.39, 0.29) is 0 Å². The molecule has 0 N–H and O–H groups in total. The zero-order valence-electron chi connectivity index (χ0n) is 7.28. The zero-order chi connectivity index (χ0) is 9.26. The fourth-order valence-corrected chi connectivity index (χ4v) is 1.29. The minimum absolute atomic E-state index is 0.470. The summed E-state index contributed by atoms with van der Waals surface area (Å²) in [5, 5.41) is 9.73. The van der Waals surface area contributed by atoms with E-state index in [1.807, 2.05) is 37.3 Å². The fraction of sp³-hybridized carbons (Fsp3) is 0.0909. The van der Waals surface area contributed by atoms with E-state index in [2.05, 4.69) is 4.98 Å². The average Bonchev–Trinajstić information content (AvgIpc) is 2.16. The highest BCUT2D eigenvalue weighted by Crippen LogP contribution is 2.13. The van der Waals surface area contributed by atoms with Gasteiger partial charge in [0.1, 0.15) is 11.8 Å². The van der Waals surface area contributed by atoms with Gasteiger partial charge in [0, 0.05) is 5.39 Å². The van der Waals surface area contributed by atoms with Crippen molar-refractivity contribution in [3.05, 3.63) is 41.6 Å². The molecule has 0 bridgehead atoms. The van der Waals surface area contributed by atoms with E-state index in [1.54, 1.807) is 6.07 Å². The highest BCUT2D eigenvalue weighted by Gasteiger charge is 1.96. The van der Waals surface area contributed by atoms with Crippen LogP contribution in [0.1, 0.15) is 11.3 Å². The second-order valence-corrected chi connectivity index (χ2v) is 3.00.